The molecule has 6 rings (SSSR count). The molecule has 0 saturated carbocycles. The van der Waals surface area contributed by atoms with E-state index in [2.05, 4.69) is 61.2 Å². The minimum absolute atomic E-state index is 0.0306. The van der Waals surface area contributed by atoms with Crippen molar-refractivity contribution in [3.05, 3.63) is 76.0 Å². The molecule has 0 unspecified atom stereocenters. The van der Waals surface area contributed by atoms with Gasteiger partial charge in [0.25, 0.3) is 11.4 Å². The Hall–Kier alpha value is -4.42. The molecule has 0 bridgehead atoms. The summed E-state index contributed by atoms with van der Waals surface area (Å²) in [6.07, 6.45) is 1.66. The molecule has 1 N–H and O–H groups in total. The summed E-state index contributed by atoms with van der Waals surface area (Å²) in [6, 6.07) is 15.2. The van der Waals surface area contributed by atoms with Crippen molar-refractivity contribution in [2.45, 2.75) is 46.2 Å². The maximum atomic E-state index is 13.6. The lowest BCUT2D eigenvalue weighted by Crippen LogP contribution is -2.48. The number of nitrogens with one attached hydrogen (secondary N) is 1. The number of piperazine rings is 1. The van der Waals surface area contributed by atoms with Crippen LogP contribution in [0.5, 0.6) is 0 Å². The number of fused-ring (bicyclic) bond motifs is 1. The Morgan fingerprint density at radius 1 is 1.02 bits per heavy atom. The second-order valence-corrected chi connectivity index (χ2v) is 11.8. The highest BCUT2D eigenvalue weighted by atomic mass is 35.5. The fraction of sp³-hybridized carbons (Fsp3) is 0.344. The molecule has 3 aromatic heterocycles. The maximum absolute atomic E-state index is 13.6. The lowest BCUT2D eigenvalue weighted by atomic mass is 10.0. The molecule has 0 spiro atoms. The van der Waals surface area contributed by atoms with Gasteiger partial charge in [0.05, 0.1) is 0 Å². The van der Waals surface area contributed by atoms with Gasteiger partial charge in [-0.1, -0.05) is 28.9 Å². The van der Waals surface area contributed by atoms with Gasteiger partial charge in [0.2, 0.25) is 11.8 Å². The topological polar surface area (TPSA) is 105 Å². The average molecular weight is 635 g/mol. The van der Waals surface area contributed by atoms with Crippen molar-refractivity contribution < 1.29 is 13.3 Å². The van der Waals surface area contributed by atoms with E-state index in [1.807, 2.05) is 19.1 Å². The molecule has 0 radical (unpaired) electrons. The van der Waals surface area contributed by atoms with Crippen LogP contribution in [-0.2, 0) is 12.5 Å². The molecule has 4 heterocycles. The zero-order valence-electron chi connectivity index (χ0n) is 25.4. The smallest absolute Gasteiger partial charge is 0.322 e. The van der Waals surface area contributed by atoms with Crippen LogP contribution in [0.2, 0.25) is 5.02 Å². The first-order valence-electron chi connectivity index (χ1n) is 14.8. The Balaban J connectivity index is 1.24. The first kappa shape index (κ1) is 30.6. The average Bonchev–Trinajstić information content (AvgIpc) is 3.53. The quantitative estimate of drug-likeness (QED) is 0.203. The molecule has 5 aromatic rings. The highest BCUT2D eigenvalue weighted by Crippen LogP contribution is 2.33. The summed E-state index contributed by atoms with van der Waals surface area (Å²) in [5.74, 6) is -3.72. The van der Waals surface area contributed by atoms with Crippen molar-refractivity contribution in [3.63, 3.8) is 0 Å². The molecule has 0 amide bonds. The van der Waals surface area contributed by atoms with Crippen molar-refractivity contribution in [1.82, 2.24) is 29.6 Å². The number of halogens is 3. The number of pyridine rings is 1. The van der Waals surface area contributed by atoms with Crippen LogP contribution in [0.4, 0.5) is 26.1 Å². The van der Waals surface area contributed by atoms with Gasteiger partial charge in [0.1, 0.15) is 5.65 Å². The standard InChI is InChI=1S/C32H33ClF2N8O2/c1-5-43-28-21(16-25(29(43)44)24-11-6-20(17-26(24)33)27-38-30(45-40-27)32(4,34)35)18-36-31(39-28)37-22-7-9-23(10-8-22)42-14-12-41(13-15-42)19(2)3/h6-11,16-19H,5,12-15H2,1-4H3,(H,36,37,39). The summed E-state index contributed by atoms with van der Waals surface area (Å²) in [5.41, 5.74) is 3.40. The van der Waals surface area contributed by atoms with Crippen LogP contribution in [0.25, 0.3) is 33.5 Å². The Labute approximate surface area is 263 Å². The van der Waals surface area contributed by atoms with Crippen LogP contribution in [0.15, 0.2) is 64.0 Å². The van der Waals surface area contributed by atoms with E-state index in [0.29, 0.717) is 53.2 Å². The Kier molecular flexibility index (Phi) is 8.27. The molecule has 2 aromatic carbocycles. The number of alkyl halides is 2. The van der Waals surface area contributed by atoms with Gasteiger partial charge in [-0.25, -0.2) is 4.98 Å². The number of hydrogen-bond acceptors (Lipinski definition) is 9. The van der Waals surface area contributed by atoms with Gasteiger partial charge in [0, 0.05) is 90.4 Å². The molecule has 13 heteroatoms. The largest absolute Gasteiger partial charge is 0.369 e. The minimum Gasteiger partial charge on any atom is -0.369 e. The SMILES string of the molecule is CCn1c(=O)c(-c2ccc(-c3noc(C(C)(F)F)n3)cc2Cl)cc2cnc(Nc3ccc(N4CCN(C(C)C)CC4)cc3)nc21. The third-order valence-electron chi connectivity index (χ3n) is 8.00. The lowest BCUT2D eigenvalue weighted by Gasteiger charge is -2.38. The summed E-state index contributed by atoms with van der Waals surface area (Å²) in [5, 5.41) is 7.77. The third kappa shape index (κ3) is 6.25. The predicted octanol–water partition coefficient (Wildman–Crippen LogP) is 6.57. The van der Waals surface area contributed by atoms with E-state index in [-0.39, 0.29) is 16.4 Å². The van der Waals surface area contributed by atoms with Crippen molar-refractivity contribution in [3.8, 4) is 22.5 Å². The van der Waals surface area contributed by atoms with Crippen molar-refractivity contribution >= 4 is 40.0 Å². The van der Waals surface area contributed by atoms with Crippen LogP contribution in [-0.4, -0.2) is 61.8 Å². The number of nitrogens with zero attached hydrogens (tertiary/aromatic N) is 7. The summed E-state index contributed by atoms with van der Waals surface area (Å²) in [6.45, 7) is 11.4. The summed E-state index contributed by atoms with van der Waals surface area (Å²) >= 11 is 6.60. The van der Waals surface area contributed by atoms with Crippen LogP contribution >= 0.6 is 11.6 Å². The third-order valence-corrected chi connectivity index (χ3v) is 8.31. The fourth-order valence-corrected chi connectivity index (χ4v) is 5.76. The van der Waals surface area contributed by atoms with Gasteiger partial charge in [-0.2, -0.15) is 18.7 Å². The van der Waals surface area contributed by atoms with E-state index in [0.717, 1.165) is 31.9 Å². The summed E-state index contributed by atoms with van der Waals surface area (Å²) in [7, 11) is 0. The molecule has 45 heavy (non-hydrogen) atoms. The number of aryl methyl sites for hydroxylation is 1. The van der Waals surface area contributed by atoms with E-state index >= 15 is 0 Å². The zero-order valence-corrected chi connectivity index (χ0v) is 26.1. The van der Waals surface area contributed by atoms with E-state index in [9.17, 15) is 13.6 Å². The van der Waals surface area contributed by atoms with Gasteiger partial charge >= 0.3 is 5.92 Å². The molecule has 234 valence electrons. The van der Waals surface area contributed by atoms with E-state index in [1.165, 1.54) is 11.8 Å². The van der Waals surface area contributed by atoms with Crippen molar-refractivity contribution in [2.75, 3.05) is 36.4 Å². The molecule has 0 aliphatic carbocycles. The normalized spacial score (nSPS) is 14.4. The second kappa shape index (κ2) is 12.2. The van der Waals surface area contributed by atoms with Gasteiger partial charge in [-0.15, -0.1) is 0 Å². The molecule has 0 atom stereocenters. The summed E-state index contributed by atoms with van der Waals surface area (Å²) in [4.78, 5) is 31.5. The monoisotopic (exact) mass is 634 g/mol. The van der Waals surface area contributed by atoms with E-state index in [1.54, 1.807) is 29.0 Å². The molecule has 1 saturated heterocycles. The van der Waals surface area contributed by atoms with E-state index in [4.69, 9.17) is 16.1 Å². The highest BCUT2D eigenvalue weighted by Gasteiger charge is 2.32. The maximum Gasteiger partial charge on any atom is 0.322 e. The Morgan fingerprint density at radius 3 is 2.38 bits per heavy atom. The van der Waals surface area contributed by atoms with Gasteiger partial charge in [0.15, 0.2) is 0 Å². The molecular formula is C32H33ClF2N8O2. The molecule has 1 aliphatic heterocycles. The Morgan fingerprint density at radius 2 is 1.76 bits per heavy atom. The number of anilines is 3. The number of benzene rings is 2. The van der Waals surface area contributed by atoms with Crippen molar-refractivity contribution in [2.24, 2.45) is 0 Å². The summed E-state index contributed by atoms with van der Waals surface area (Å²) < 4.78 is 33.4. The lowest BCUT2D eigenvalue weighted by molar-refractivity contribution is -0.0158. The molecule has 1 fully saturated rings. The number of rotatable bonds is 8. The highest BCUT2D eigenvalue weighted by molar-refractivity contribution is 6.33. The van der Waals surface area contributed by atoms with Crippen LogP contribution in [0.1, 0.15) is 33.6 Å². The predicted molar refractivity (Wildman–Crippen MR) is 171 cm³/mol. The minimum atomic E-state index is -3.27. The zero-order chi connectivity index (χ0) is 31.9. The van der Waals surface area contributed by atoms with Gasteiger partial charge in [-0.3, -0.25) is 14.3 Å². The first-order valence-corrected chi connectivity index (χ1v) is 15.2. The van der Waals surface area contributed by atoms with Crippen molar-refractivity contribution in [1.29, 1.82) is 0 Å². The number of aromatic nitrogens is 5. The second-order valence-electron chi connectivity index (χ2n) is 11.4. The fourth-order valence-electron chi connectivity index (χ4n) is 5.48. The van der Waals surface area contributed by atoms with Crippen LogP contribution < -0.4 is 15.8 Å². The molecular weight excluding hydrogens is 602 g/mol. The molecule has 1 aliphatic rings. The number of hydrogen-bond donors (Lipinski definition) is 1. The van der Waals surface area contributed by atoms with Crippen LogP contribution in [0.3, 0.4) is 0 Å². The Bertz CT molecular complexity index is 1890. The first-order chi connectivity index (χ1) is 21.5. The van der Waals surface area contributed by atoms with E-state index < -0.39 is 11.8 Å². The van der Waals surface area contributed by atoms with Gasteiger partial charge < -0.3 is 14.7 Å². The van der Waals surface area contributed by atoms with Crippen LogP contribution in [0, 0.1) is 0 Å². The van der Waals surface area contributed by atoms with Gasteiger partial charge in [-0.05, 0) is 57.2 Å². The molecule has 10 nitrogen and oxygen atoms in total.